The Morgan fingerprint density at radius 1 is 0.634 bits per heavy atom. The monoisotopic (exact) mass is 550 g/mol. The molecule has 0 bridgehead atoms. The standard InChI is InChI=1S/C39H54N2/c1-7-10-12-14-15-18-23-35-26-37(25-33(9-3)31(35)5)40-29-30(4)41-38-27-36(24-17-13-11-8-2)32(6)39(28-38)34-21-19-16-20-22-34/h16,19-22,25-29H,7-15,17-18,23-24H2,1-6H3. The first kappa shape index (κ1) is 32.5. The van der Waals surface area contributed by atoms with Gasteiger partial charge in [0.1, 0.15) is 0 Å². The van der Waals surface area contributed by atoms with Crippen LogP contribution in [-0.2, 0) is 19.3 Å². The molecule has 0 saturated heterocycles. The molecule has 0 aliphatic heterocycles. The Kier molecular flexibility index (Phi) is 14.1. The van der Waals surface area contributed by atoms with Gasteiger partial charge in [-0.15, -0.1) is 0 Å². The smallest absolute Gasteiger partial charge is 0.0642 e. The van der Waals surface area contributed by atoms with Gasteiger partial charge >= 0.3 is 0 Å². The van der Waals surface area contributed by atoms with Crippen LogP contribution in [-0.4, -0.2) is 11.9 Å². The molecule has 0 fully saturated rings. The molecule has 0 aliphatic rings. The van der Waals surface area contributed by atoms with E-state index < -0.39 is 0 Å². The lowest BCUT2D eigenvalue weighted by molar-refractivity contribution is 0.607. The van der Waals surface area contributed by atoms with Crippen molar-refractivity contribution in [3.05, 3.63) is 82.4 Å². The second kappa shape index (κ2) is 17.7. The van der Waals surface area contributed by atoms with Crippen LogP contribution >= 0.6 is 0 Å². The molecule has 0 unspecified atom stereocenters. The van der Waals surface area contributed by atoms with E-state index in [2.05, 4.69) is 96.1 Å². The van der Waals surface area contributed by atoms with Crippen molar-refractivity contribution < 1.29 is 0 Å². The number of rotatable bonds is 17. The summed E-state index contributed by atoms with van der Waals surface area (Å²) >= 11 is 0. The van der Waals surface area contributed by atoms with Gasteiger partial charge in [0.15, 0.2) is 0 Å². The highest BCUT2D eigenvalue weighted by Gasteiger charge is 2.10. The van der Waals surface area contributed by atoms with E-state index in [1.54, 1.807) is 0 Å². The number of aliphatic imine (C=N–C) groups is 2. The summed E-state index contributed by atoms with van der Waals surface area (Å²) in [5, 5.41) is 0. The number of hydrogen-bond acceptors (Lipinski definition) is 2. The molecule has 3 aromatic rings. The Bertz CT molecular complexity index is 1270. The van der Waals surface area contributed by atoms with Gasteiger partial charge in [0.2, 0.25) is 0 Å². The Morgan fingerprint density at radius 3 is 1.85 bits per heavy atom. The highest BCUT2D eigenvalue weighted by molar-refractivity contribution is 6.30. The molecule has 2 heteroatoms. The lowest BCUT2D eigenvalue weighted by Gasteiger charge is -2.14. The van der Waals surface area contributed by atoms with Crippen LogP contribution in [0, 0.1) is 13.8 Å². The highest BCUT2D eigenvalue weighted by Crippen LogP contribution is 2.32. The van der Waals surface area contributed by atoms with Crippen LogP contribution in [0.5, 0.6) is 0 Å². The predicted octanol–water partition coefficient (Wildman–Crippen LogP) is 12.1. The topological polar surface area (TPSA) is 24.7 Å². The summed E-state index contributed by atoms with van der Waals surface area (Å²) in [6.45, 7) is 13.4. The first-order chi connectivity index (χ1) is 20.0. The minimum Gasteiger partial charge on any atom is -0.255 e. The maximum Gasteiger partial charge on any atom is 0.0642 e. The fourth-order valence-electron chi connectivity index (χ4n) is 5.76. The summed E-state index contributed by atoms with van der Waals surface area (Å²) in [4.78, 5) is 9.96. The second-order valence-corrected chi connectivity index (χ2v) is 11.7. The zero-order valence-corrected chi connectivity index (χ0v) is 26.9. The Hall–Kier alpha value is -3.00. The SMILES string of the molecule is CCCCCCCCc1cc(N=CC(C)=Nc2cc(CCCCCC)c(C)c(-c3ccccc3)c2)cc(CC)c1C. The predicted molar refractivity (Wildman–Crippen MR) is 183 cm³/mol. The third-order valence-corrected chi connectivity index (χ3v) is 8.38. The van der Waals surface area contributed by atoms with Crippen molar-refractivity contribution >= 4 is 23.3 Å². The first-order valence-electron chi connectivity index (χ1n) is 16.4. The van der Waals surface area contributed by atoms with Gasteiger partial charge in [0.25, 0.3) is 0 Å². The van der Waals surface area contributed by atoms with Crippen molar-refractivity contribution in [2.75, 3.05) is 0 Å². The molecule has 0 N–H and O–H groups in total. The van der Waals surface area contributed by atoms with E-state index in [1.807, 2.05) is 6.21 Å². The van der Waals surface area contributed by atoms with Crippen molar-refractivity contribution in [3.63, 3.8) is 0 Å². The summed E-state index contributed by atoms with van der Waals surface area (Å²) in [5.41, 5.74) is 12.7. The first-order valence-corrected chi connectivity index (χ1v) is 16.4. The zero-order chi connectivity index (χ0) is 29.5. The van der Waals surface area contributed by atoms with Gasteiger partial charge in [-0.1, -0.05) is 102 Å². The summed E-state index contributed by atoms with van der Waals surface area (Å²) in [5.74, 6) is 0. The quantitative estimate of drug-likeness (QED) is 0.118. The molecule has 0 atom stereocenters. The van der Waals surface area contributed by atoms with Gasteiger partial charge in [-0.3, -0.25) is 9.98 Å². The van der Waals surface area contributed by atoms with E-state index in [4.69, 9.17) is 9.98 Å². The van der Waals surface area contributed by atoms with Crippen LogP contribution in [0.3, 0.4) is 0 Å². The molecule has 3 rings (SSSR count). The van der Waals surface area contributed by atoms with E-state index in [1.165, 1.54) is 103 Å². The normalized spacial score (nSPS) is 12.0. The largest absolute Gasteiger partial charge is 0.255 e. The molecule has 0 aliphatic carbocycles. The van der Waals surface area contributed by atoms with Gasteiger partial charge in [-0.25, -0.2) is 0 Å². The zero-order valence-electron chi connectivity index (χ0n) is 26.9. The average Bonchev–Trinajstić information content (AvgIpc) is 2.98. The molecule has 0 heterocycles. The maximum absolute atomic E-state index is 5.04. The van der Waals surface area contributed by atoms with Crippen molar-refractivity contribution in [1.82, 2.24) is 0 Å². The van der Waals surface area contributed by atoms with Crippen LogP contribution in [0.4, 0.5) is 11.4 Å². The van der Waals surface area contributed by atoms with Gasteiger partial charge in [0, 0.05) is 6.21 Å². The lowest BCUT2D eigenvalue weighted by Crippen LogP contribution is -1.97. The Balaban J connectivity index is 1.82. The lowest BCUT2D eigenvalue weighted by atomic mass is 9.93. The molecule has 2 nitrogen and oxygen atoms in total. The molecule has 41 heavy (non-hydrogen) atoms. The number of aryl methyl sites for hydroxylation is 3. The van der Waals surface area contributed by atoms with Crippen molar-refractivity contribution in [2.24, 2.45) is 9.98 Å². The van der Waals surface area contributed by atoms with Crippen LogP contribution in [0.15, 0.2) is 64.6 Å². The molecule has 220 valence electrons. The van der Waals surface area contributed by atoms with Crippen molar-refractivity contribution in [1.29, 1.82) is 0 Å². The van der Waals surface area contributed by atoms with E-state index in [9.17, 15) is 0 Å². The number of hydrogen-bond donors (Lipinski definition) is 0. The Morgan fingerprint density at radius 2 is 1.20 bits per heavy atom. The average molecular weight is 551 g/mol. The summed E-state index contributed by atoms with van der Waals surface area (Å²) < 4.78 is 0. The molecule has 0 amide bonds. The number of benzene rings is 3. The van der Waals surface area contributed by atoms with E-state index >= 15 is 0 Å². The number of unbranched alkanes of at least 4 members (excludes halogenated alkanes) is 8. The number of nitrogens with zero attached hydrogens (tertiary/aromatic N) is 2. The van der Waals surface area contributed by atoms with Crippen LogP contribution < -0.4 is 0 Å². The van der Waals surface area contributed by atoms with Gasteiger partial charge in [-0.05, 0) is 116 Å². The molecule has 0 aromatic heterocycles. The minimum atomic E-state index is 0.931. The van der Waals surface area contributed by atoms with E-state index in [0.29, 0.717) is 0 Å². The molecule has 0 radical (unpaired) electrons. The molecular weight excluding hydrogens is 496 g/mol. The van der Waals surface area contributed by atoms with Crippen molar-refractivity contribution in [3.8, 4) is 11.1 Å². The van der Waals surface area contributed by atoms with Crippen LogP contribution in [0.25, 0.3) is 11.1 Å². The third kappa shape index (κ3) is 10.4. The Labute approximate surface area is 251 Å². The summed E-state index contributed by atoms with van der Waals surface area (Å²) in [6, 6.07) is 19.8. The summed E-state index contributed by atoms with van der Waals surface area (Å²) in [6.07, 6.45) is 18.3. The molecule has 0 saturated carbocycles. The molecule has 3 aromatic carbocycles. The fraction of sp³-hybridized carbons (Fsp3) is 0.487. The maximum atomic E-state index is 5.04. The van der Waals surface area contributed by atoms with E-state index in [-0.39, 0.29) is 0 Å². The van der Waals surface area contributed by atoms with E-state index in [0.717, 1.165) is 36.3 Å². The van der Waals surface area contributed by atoms with Crippen LogP contribution in [0.1, 0.15) is 120 Å². The summed E-state index contributed by atoms with van der Waals surface area (Å²) in [7, 11) is 0. The molecule has 0 spiro atoms. The highest BCUT2D eigenvalue weighted by atomic mass is 14.8. The second-order valence-electron chi connectivity index (χ2n) is 11.7. The van der Waals surface area contributed by atoms with Crippen LogP contribution in [0.2, 0.25) is 0 Å². The van der Waals surface area contributed by atoms with Crippen molar-refractivity contribution in [2.45, 2.75) is 125 Å². The fourth-order valence-corrected chi connectivity index (χ4v) is 5.76. The minimum absolute atomic E-state index is 0.931. The molecular formula is C39H54N2. The van der Waals surface area contributed by atoms with Gasteiger partial charge < -0.3 is 0 Å². The third-order valence-electron chi connectivity index (χ3n) is 8.38. The van der Waals surface area contributed by atoms with Gasteiger partial charge in [0.05, 0.1) is 17.1 Å². The van der Waals surface area contributed by atoms with Gasteiger partial charge in [-0.2, -0.15) is 0 Å².